The lowest BCUT2D eigenvalue weighted by Crippen LogP contribution is -2.48. The van der Waals surface area contributed by atoms with Gasteiger partial charge in [-0.05, 0) is 110 Å². The van der Waals surface area contributed by atoms with Crippen LogP contribution in [0.3, 0.4) is 0 Å². The van der Waals surface area contributed by atoms with E-state index < -0.39 is 16.1 Å². The smallest absolute Gasteiger partial charge is 0.271 e. The Morgan fingerprint density at radius 2 is 1.66 bits per heavy atom. The molecule has 1 atom stereocenters. The van der Waals surface area contributed by atoms with Gasteiger partial charge in [-0.2, -0.15) is 0 Å². The summed E-state index contributed by atoms with van der Waals surface area (Å²) in [5, 5.41) is 11.7. The van der Waals surface area contributed by atoms with Crippen LogP contribution in [0.25, 0.3) is 22.0 Å². The number of aromatic amines is 2. The number of fused-ring (bicyclic) bond motifs is 1. The van der Waals surface area contributed by atoms with Crippen LogP contribution >= 0.6 is 12.4 Å². The van der Waals surface area contributed by atoms with E-state index in [1.807, 2.05) is 37.3 Å². The molecule has 0 saturated heterocycles. The number of nitrogens with two attached hydrogens (primary N) is 1. The first-order valence-electron chi connectivity index (χ1n) is 15.8. The highest BCUT2D eigenvalue weighted by Gasteiger charge is 2.30. The second-order valence-corrected chi connectivity index (χ2v) is 14.3. The summed E-state index contributed by atoms with van der Waals surface area (Å²) < 4.78 is 28.1. The van der Waals surface area contributed by atoms with Gasteiger partial charge in [0.1, 0.15) is 6.04 Å². The molecule has 2 saturated carbocycles. The van der Waals surface area contributed by atoms with Crippen LogP contribution in [0.2, 0.25) is 0 Å². The molecule has 250 valence electrons. The summed E-state index contributed by atoms with van der Waals surface area (Å²) in [6.07, 6.45) is 5.28. The molecule has 47 heavy (non-hydrogen) atoms. The molecule has 2 amide bonds. The van der Waals surface area contributed by atoms with E-state index in [1.54, 1.807) is 30.3 Å². The number of rotatable bonds is 11. The minimum Gasteiger partial charge on any atom is -0.344 e. The Balaban J connectivity index is 0.00000433. The van der Waals surface area contributed by atoms with Crippen LogP contribution in [-0.4, -0.2) is 49.1 Å². The average molecular weight is 681 g/mol. The van der Waals surface area contributed by atoms with Crippen LogP contribution in [0.5, 0.6) is 0 Å². The van der Waals surface area contributed by atoms with E-state index >= 15 is 0 Å². The number of sulfonamides is 1. The number of hydrogen-bond acceptors (Lipinski definition) is 6. The van der Waals surface area contributed by atoms with Gasteiger partial charge in [-0.25, -0.2) is 13.1 Å². The van der Waals surface area contributed by atoms with Crippen LogP contribution in [0.4, 0.5) is 5.69 Å². The predicted molar refractivity (Wildman–Crippen MR) is 185 cm³/mol. The van der Waals surface area contributed by atoms with Crippen LogP contribution < -0.4 is 26.6 Å². The molecule has 2 aliphatic carbocycles. The summed E-state index contributed by atoms with van der Waals surface area (Å²) in [6.45, 7) is 2.50. The van der Waals surface area contributed by atoms with Gasteiger partial charge in [0, 0.05) is 24.1 Å². The third kappa shape index (κ3) is 8.13. The second kappa shape index (κ2) is 14.4. The molecule has 7 N–H and O–H groups in total. The maximum atomic E-state index is 13.6. The van der Waals surface area contributed by atoms with Crippen LogP contribution in [0, 0.1) is 18.8 Å². The quantitative estimate of drug-likeness (QED) is 0.139. The minimum atomic E-state index is -3.55. The Labute approximate surface area is 279 Å². The molecule has 1 aromatic heterocycles. The minimum absolute atomic E-state index is 0. The number of anilines is 1. The zero-order chi connectivity index (χ0) is 32.4. The summed E-state index contributed by atoms with van der Waals surface area (Å²) in [6, 6.07) is 17.0. The number of nitrogens with one attached hydrogen (secondary N) is 5. The number of benzene rings is 3. The lowest BCUT2D eigenvalue weighted by molar-refractivity contribution is -0.130. The number of aryl methyl sites for hydroxylation is 1. The number of aromatic nitrogens is 2. The molecule has 3 aromatic carbocycles. The van der Waals surface area contributed by atoms with Crippen molar-refractivity contribution < 1.29 is 18.0 Å². The maximum Gasteiger partial charge on any atom is 0.271 e. The summed E-state index contributed by atoms with van der Waals surface area (Å²) >= 11 is 0. The average Bonchev–Trinajstić information content (AvgIpc) is 3.79. The van der Waals surface area contributed by atoms with Crippen molar-refractivity contribution in [2.45, 2.75) is 68.8 Å². The Morgan fingerprint density at radius 3 is 2.32 bits per heavy atom. The van der Waals surface area contributed by atoms with Crippen LogP contribution in [0.1, 0.15) is 49.7 Å². The zero-order valence-electron chi connectivity index (χ0n) is 26.2. The summed E-state index contributed by atoms with van der Waals surface area (Å²) in [5.74, 6) is -0.242. The number of halogens is 1. The number of carbonyl (C=O) groups excluding carboxylic acids is 2. The van der Waals surface area contributed by atoms with Crippen molar-refractivity contribution in [3.63, 3.8) is 0 Å². The third-order valence-corrected chi connectivity index (χ3v) is 10.7. The Kier molecular flexibility index (Phi) is 10.5. The first-order valence-corrected chi connectivity index (χ1v) is 17.3. The Hall–Kier alpha value is -3.97. The molecule has 2 aliphatic rings. The molecule has 4 aromatic rings. The summed E-state index contributed by atoms with van der Waals surface area (Å²) in [5.41, 5.74) is 10.2. The Morgan fingerprint density at radius 1 is 0.936 bits per heavy atom. The van der Waals surface area contributed by atoms with Crippen molar-refractivity contribution in [1.29, 1.82) is 0 Å². The zero-order valence-corrected chi connectivity index (χ0v) is 27.8. The fraction of sp³-hybridized carbons (Fsp3) is 0.382. The Bertz CT molecular complexity index is 1910. The van der Waals surface area contributed by atoms with Gasteiger partial charge in [0.05, 0.1) is 15.8 Å². The van der Waals surface area contributed by atoms with E-state index in [9.17, 15) is 22.8 Å². The third-order valence-electron chi connectivity index (χ3n) is 9.14. The van der Waals surface area contributed by atoms with Gasteiger partial charge in [-0.1, -0.05) is 30.3 Å². The predicted octanol–water partition coefficient (Wildman–Crippen LogP) is 4.13. The van der Waals surface area contributed by atoms with Crippen molar-refractivity contribution in [3.8, 4) is 11.1 Å². The van der Waals surface area contributed by atoms with Crippen molar-refractivity contribution in [1.82, 2.24) is 20.2 Å². The van der Waals surface area contributed by atoms with Crippen molar-refractivity contribution in [2.75, 3.05) is 11.9 Å². The first-order chi connectivity index (χ1) is 22.1. The van der Waals surface area contributed by atoms with E-state index in [1.165, 1.54) is 0 Å². The molecule has 11 nitrogen and oxygen atoms in total. The van der Waals surface area contributed by atoms with E-state index in [4.69, 9.17) is 5.73 Å². The van der Waals surface area contributed by atoms with E-state index in [0.29, 0.717) is 29.1 Å². The molecule has 0 spiro atoms. The van der Waals surface area contributed by atoms with Gasteiger partial charge in [0.15, 0.2) is 0 Å². The number of hydrogen-bond donors (Lipinski definition) is 6. The highest BCUT2D eigenvalue weighted by atomic mass is 35.5. The van der Waals surface area contributed by atoms with Crippen molar-refractivity contribution >= 4 is 50.8 Å². The topological polar surface area (TPSA) is 179 Å². The number of H-pyrrole nitrogens is 2. The van der Waals surface area contributed by atoms with E-state index in [2.05, 4.69) is 25.6 Å². The monoisotopic (exact) mass is 680 g/mol. The summed E-state index contributed by atoms with van der Waals surface area (Å²) in [7, 11) is -3.55. The first kappa shape index (κ1) is 34.4. The van der Waals surface area contributed by atoms with Crippen molar-refractivity contribution in [3.05, 3.63) is 82.1 Å². The lowest BCUT2D eigenvalue weighted by atomic mass is 9.81. The van der Waals surface area contributed by atoms with Gasteiger partial charge < -0.3 is 16.4 Å². The normalized spacial score (nSPS) is 18.7. The standard InChI is InChI=1S/C34H40N6O5S.ClH/c1-20-16-27(46(44,45)40-25-10-11-25)13-15-28(20)23-6-2-21(3-7-23)17-31(37-32(41)24-8-4-22(19-35)5-9-24)34(43)36-26-12-14-29-30(18-26)38-39-33(29)42;/h2-3,6-7,12-16,18,22,24-25,31,40H,4-5,8-11,17,19,35H2,1H3,(H,36,43)(H,37,41)(H2,38,39,42);1H/t22-,24-,31-;/m0./s1. The second-order valence-electron chi connectivity index (χ2n) is 12.6. The largest absolute Gasteiger partial charge is 0.344 e. The van der Waals surface area contributed by atoms with Crippen LogP contribution in [-0.2, 0) is 26.0 Å². The highest BCUT2D eigenvalue weighted by Crippen LogP contribution is 2.30. The molecule has 0 radical (unpaired) electrons. The van der Waals surface area contributed by atoms with E-state index in [0.717, 1.165) is 60.8 Å². The van der Waals surface area contributed by atoms with Gasteiger partial charge >= 0.3 is 0 Å². The molecule has 6 rings (SSSR count). The maximum absolute atomic E-state index is 13.6. The van der Waals surface area contributed by atoms with Crippen molar-refractivity contribution in [2.24, 2.45) is 17.6 Å². The van der Waals surface area contributed by atoms with Gasteiger partial charge in [0.25, 0.3) is 5.56 Å². The number of carbonyl (C=O) groups is 2. The SMILES string of the molecule is Cc1cc(S(=O)(=O)NC2CC2)ccc1-c1ccc(C[C@H](NC(=O)[C@H]2CC[C@H](CN)CC2)C(=O)Nc2ccc3c(=O)[nH][nH]c3c2)cc1.Cl. The molecule has 0 aliphatic heterocycles. The van der Waals surface area contributed by atoms with E-state index in [-0.39, 0.29) is 53.1 Å². The van der Waals surface area contributed by atoms with Gasteiger partial charge in [-0.3, -0.25) is 24.6 Å². The highest BCUT2D eigenvalue weighted by molar-refractivity contribution is 7.89. The van der Waals surface area contributed by atoms with Crippen LogP contribution in [0.15, 0.2) is 70.4 Å². The molecular formula is C34H41ClN6O5S. The fourth-order valence-electron chi connectivity index (χ4n) is 6.18. The molecule has 0 bridgehead atoms. The lowest BCUT2D eigenvalue weighted by Gasteiger charge is -2.28. The molecule has 1 heterocycles. The summed E-state index contributed by atoms with van der Waals surface area (Å²) in [4.78, 5) is 39.1. The molecule has 2 fully saturated rings. The molecule has 0 unspecified atom stereocenters. The fourth-order valence-corrected chi connectivity index (χ4v) is 7.57. The molecular weight excluding hydrogens is 640 g/mol. The van der Waals surface area contributed by atoms with Gasteiger partial charge in [-0.15, -0.1) is 12.4 Å². The van der Waals surface area contributed by atoms with Gasteiger partial charge in [0.2, 0.25) is 21.8 Å². The molecule has 13 heteroatoms. The number of amides is 2.